The van der Waals surface area contributed by atoms with E-state index in [1.165, 1.54) is 0 Å². The monoisotopic (exact) mass is 286 g/mol. The lowest BCUT2D eigenvalue weighted by Gasteiger charge is -2.29. The summed E-state index contributed by atoms with van der Waals surface area (Å²) in [6.07, 6.45) is 4.70. The fourth-order valence-corrected chi connectivity index (χ4v) is 2.70. The van der Waals surface area contributed by atoms with Gasteiger partial charge in [0, 0.05) is 12.1 Å². The minimum absolute atomic E-state index is 0.148. The number of nitrogens with zero attached hydrogens (tertiary/aromatic N) is 1. The number of esters is 1. The minimum Gasteiger partial charge on any atom is -0.460 e. The third-order valence-corrected chi connectivity index (χ3v) is 3.81. The topological polar surface area (TPSA) is 58.6 Å². The van der Waals surface area contributed by atoms with Gasteiger partial charge in [-0.2, -0.15) is 0 Å². The molecule has 1 aliphatic heterocycles. The molecule has 2 amide bonds. The molecular formula is C16H18N2O3. The Morgan fingerprint density at radius 3 is 3.00 bits per heavy atom. The fourth-order valence-electron chi connectivity index (χ4n) is 2.70. The highest BCUT2D eigenvalue weighted by Gasteiger charge is 2.23. The molecule has 1 heterocycles. The number of hydrogen-bond acceptors (Lipinski definition) is 3. The highest BCUT2D eigenvalue weighted by atomic mass is 16.5. The Kier molecular flexibility index (Phi) is 3.90. The van der Waals surface area contributed by atoms with Gasteiger partial charge in [-0.15, -0.1) is 0 Å². The quantitative estimate of drug-likeness (QED) is 0.864. The van der Waals surface area contributed by atoms with E-state index in [-0.39, 0.29) is 18.6 Å². The number of hydrogen-bond donors (Lipinski definition) is 1. The summed E-state index contributed by atoms with van der Waals surface area (Å²) in [5, 5.41) is 2.82. The van der Waals surface area contributed by atoms with Gasteiger partial charge >= 0.3 is 12.0 Å². The molecule has 0 unspecified atom stereocenters. The van der Waals surface area contributed by atoms with Crippen LogP contribution in [-0.2, 0) is 16.1 Å². The van der Waals surface area contributed by atoms with E-state index in [9.17, 15) is 9.59 Å². The number of fused-ring (bicyclic) bond motifs is 1. The molecule has 0 aromatic heterocycles. The van der Waals surface area contributed by atoms with Gasteiger partial charge < -0.3 is 10.1 Å². The maximum atomic E-state index is 12.0. The Morgan fingerprint density at radius 1 is 1.33 bits per heavy atom. The summed E-state index contributed by atoms with van der Waals surface area (Å²) in [6.45, 7) is 1.11. The van der Waals surface area contributed by atoms with E-state index < -0.39 is 0 Å². The van der Waals surface area contributed by atoms with Crippen LogP contribution in [0.1, 0.15) is 24.8 Å². The summed E-state index contributed by atoms with van der Waals surface area (Å²) < 4.78 is 5.26. The van der Waals surface area contributed by atoms with Crippen molar-refractivity contribution in [2.24, 2.45) is 0 Å². The number of urea groups is 1. The molecule has 1 aliphatic carbocycles. The van der Waals surface area contributed by atoms with Crippen LogP contribution in [0.2, 0.25) is 0 Å². The van der Waals surface area contributed by atoms with Gasteiger partial charge in [-0.3, -0.25) is 4.90 Å². The molecule has 1 aromatic rings. The molecular weight excluding hydrogens is 268 g/mol. The van der Waals surface area contributed by atoms with Gasteiger partial charge in [0.25, 0.3) is 0 Å². The normalized spacial score (nSPS) is 17.0. The average Bonchev–Trinajstić information content (AvgIpc) is 3.04. The van der Waals surface area contributed by atoms with Gasteiger partial charge in [0.05, 0.1) is 12.2 Å². The molecule has 2 aliphatic rings. The largest absolute Gasteiger partial charge is 0.460 e. The number of carbonyl (C=O) groups excluding carboxylic acids is 2. The summed E-state index contributed by atoms with van der Waals surface area (Å²) in [5.74, 6) is -0.252. The molecule has 0 radical (unpaired) electrons. The number of allylic oxidation sites excluding steroid dienone is 1. The van der Waals surface area contributed by atoms with Crippen molar-refractivity contribution in [3.8, 4) is 0 Å². The van der Waals surface area contributed by atoms with Gasteiger partial charge in [-0.25, -0.2) is 9.59 Å². The first-order valence-corrected chi connectivity index (χ1v) is 7.25. The van der Waals surface area contributed by atoms with Crippen LogP contribution in [-0.4, -0.2) is 25.2 Å². The van der Waals surface area contributed by atoms with Crippen molar-refractivity contribution in [1.82, 2.24) is 5.32 Å². The second-order valence-corrected chi connectivity index (χ2v) is 5.20. The SMILES string of the molecule is O=C(OCCN1C(=O)NCc2ccccc21)C1=CCCC1. The van der Waals surface area contributed by atoms with Crippen LogP contribution in [0.3, 0.4) is 0 Å². The van der Waals surface area contributed by atoms with Crippen molar-refractivity contribution in [2.75, 3.05) is 18.1 Å². The van der Waals surface area contributed by atoms with Crippen LogP contribution in [0.4, 0.5) is 10.5 Å². The summed E-state index contributed by atoms with van der Waals surface area (Å²) in [4.78, 5) is 25.4. The zero-order valence-electron chi connectivity index (χ0n) is 11.8. The smallest absolute Gasteiger partial charge is 0.333 e. The first kappa shape index (κ1) is 13.7. The summed E-state index contributed by atoms with van der Waals surface area (Å²) >= 11 is 0. The number of nitrogens with one attached hydrogen (secondary N) is 1. The molecule has 110 valence electrons. The molecule has 1 aromatic carbocycles. The standard InChI is InChI=1S/C16H18N2O3/c19-15(12-5-1-2-6-12)21-10-9-18-14-8-4-3-7-13(14)11-17-16(18)20/h3-5,7-8H,1-2,6,9-11H2,(H,17,20). The Bertz CT molecular complexity index is 595. The molecule has 5 nitrogen and oxygen atoms in total. The lowest BCUT2D eigenvalue weighted by Crippen LogP contribution is -2.45. The van der Waals surface area contributed by atoms with E-state index in [1.54, 1.807) is 4.90 Å². The van der Waals surface area contributed by atoms with E-state index in [2.05, 4.69) is 5.32 Å². The van der Waals surface area contributed by atoms with Crippen LogP contribution in [0.5, 0.6) is 0 Å². The summed E-state index contributed by atoms with van der Waals surface area (Å²) in [6, 6.07) is 7.60. The lowest BCUT2D eigenvalue weighted by atomic mass is 10.1. The Balaban J connectivity index is 1.60. The lowest BCUT2D eigenvalue weighted by molar-refractivity contribution is -0.138. The molecule has 1 N–H and O–H groups in total. The number of para-hydroxylation sites is 1. The van der Waals surface area contributed by atoms with Crippen molar-refractivity contribution in [2.45, 2.75) is 25.8 Å². The van der Waals surface area contributed by atoms with Gasteiger partial charge in [0.1, 0.15) is 6.61 Å². The van der Waals surface area contributed by atoms with Crippen molar-refractivity contribution < 1.29 is 14.3 Å². The molecule has 0 bridgehead atoms. The zero-order valence-corrected chi connectivity index (χ0v) is 11.8. The zero-order chi connectivity index (χ0) is 14.7. The minimum atomic E-state index is -0.252. The molecule has 5 heteroatoms. The molecule has 3 rings (SSSR count). The van der Waals surface area contributed by atoms with Crippen LogP contribution in [0.25, 0.3) is 0 Å². The highest BCUT2D eigenvalue weighted by molar-refractivity contribution is 5.95. The van der Waals surface area contributed by atoms with Crippen molar-refractivity contribution in [3.05, 3.63) is 41.5 Å². The van der Waals surface area contributed by atoms with E-state index in [4.69, 9.17) is 4.74 Å². The van der Waals surface area contributed by atoms with Gasteiger partial charge in [-0.1, -0.05) is 24.3 Å². The van der Waals surface area contributed by atoms with Crippen molar-refractivity contribution in [1.29, 1.82) is 0 Å². The highest BCUT2D eigenvalue weighted by Crippen LogP contribution is 2.24. The number of carbonyl (C=O) groups is 2. The molecule has 0 atom stereocenters. The summed E-state index contributed by atoms with van der Waals surface area (Å²) in [5.41, 5.74) is 2.72. The first-order valence-electron chi connectivity index (χ1n) is 7.25. The number of rotatable bonds is 4. The first-order chi connectivity index (χ1) is 10.3. The third-order valence-electron chi connectivity index (χ3n) is 3.81. The Morgan fingerprint density at radius 2 is 2.19 bits per heavy atom. The predicted molar refractivity (Wildman–Crippen MR) is 78.9 cm³/mol. The Hall–Kier alpha value is -2.30. The van der Waals surface area contributed by atoms with Crippen molar-refractivity contribution >= 4 is 17.7 Å². The summed E-state index contributed by atoms with van der Waals surface area (Å²) in [7, 11) is 0. The Labute approximate surface area is 123 Å². The second-order valence-electron chi connectivity index (χ2n) is 5.20. The third kappa shape index (κ3) is 2.91. The van der Waals surface area contributed by atoms with Crippen LogP contribution < -0.4 is 10.2 Å². The van der Waals surface area contributed by atoms with Gasteiger partial charge in [0.15, 0.2) is 0 Å². The van der Waals surface area contributed by atoms with Crippen LogP contribution >= 0.6 is 0 Å². The molecule has 0 spiro atoms. The number of anilines is 1. The molecule has 0 saturated heterocycles. The van der Waals surface area contributed by atoms with E-state index in [0.29, 0.717) is 13.1 Å². The van der Waals surface area contributed by atoms with Gasteiger partial charge in [-0.05, 0) is 30.9 Å². The van der Waals surface area contributed by atoms with Crippen molar-refractivity contribution in [3.63, 3.8) is 0 Å². The fraction of sp³-hybridized carbons (Fsp3) is 0.375. The number of benzene rings is 1. The van der Waals surface area contributed by atoms with Gasteiger partial charge in [0.2, 0.25) is 0 Å². The predicted octanol–water partition coefficient (Wildman–Crippen LogP) is 2.37. The maximum Gasteiger partial charge on any atom is 0.333 e. The van der Waals surface area contributed by atoms with Crippen LogP contribution in [0, 0.1) is 0 Å². The number of ether oxygens (including phenoxy) is 1. The molecule has 0 fully saturated rings. The van der Waals surface area contributed by atoms with E-state index >= 15 is 0 Å². The number of amides is 2. The van der Waals surface area contributed by atoms with Crippen LogP contribution in [0.15, 0.2) is 35.9 Å². The second kappa shape index (κ2) is 5.99. The average molecular weight is 286 g/mol. The van der Waals surface area contributed by atoms with E-state index in [0.717, 1.165) is 36.1 Å². The molecule has 0 saturated carbocycles. The van der Waals surface area contributed by atoms with E-state index in [1.807, 2.05) is 30.3 Å². The molecule has 21 heavy (non-hydrogen) atoms. The maximum absolute atomic E-state index is 12.0.